The van der Waals surface area contributed by atoms with Crippen molar-refractivity contribution in [2.24, 2.45) is 5.10 Å². The van der Waals surface area contributed by atoms with Gasteiger partial charge in [0.15, 0.2) is 0 Å². The van der Waals surface area contributed by atoms with Crippen LogP contribution in [0.5, 0.6) is 17.2 Å². The van der Waals surface area contributed by atoms with E-state index in [1.807, 2.05) is 0 Å². The molecule has 0 unspecified atom stereocenters. The van der Waals surface area contributed by atoms with Crippen LogP contribution in [0.3, 0.4) is 0 Å². The molecule has 1 N–H and O–H groups in total. The Kier molecular flexibility index (Phi) is 7.16. The van der Waals surface area contributed by atoms with Crippen molar-refractivity contribution in [2.45, 2.75) is 6.42 Å². The number of carbonyl (C=O) groups excluding carboxylic acids is 1. The van der Waals surface area contributed by atoms with Crippen molar-refractivity contribution in [2.75, 3.05) is 21.3 Å². The molecule has 10 heteroatoms. The van der Waals surface area contributed by atoms with E-state index in [1.165, 1.54) is 39.7 Å². The zero-order chi connectivity index (χ0) is 20.7. The van der Waals surface area contributed by atoms with E-state index in [-0.39, 0.29) is 17.9 Å². The minimum atomic E-state index is -0.584. The highest BCUT2D eigenvalue weighted by Crippen LogP contribution is 2.33. The third-order valence-electron chi connectivity index (χ3n) is 3.72. The average Bonchev–Trinajstić information content (AvgIpc) is 2.69. The largest absolute Gasteiger partial charge is 0.497 e. The number of hydrogen-bond donors (Lipinski definition) is 1. The molecule has 0 spiro atoms. The quantitative estimate of drug-likeness (QED) is 0.409. The van der Waals surface area contributed by atoms with Gasteiger partial charge in [0.2, 0.25) is 11.7 Å². The van der Waals surface area contributed by atoms with Gasteiger partial charge in [0.1, 0.15) is 11.5 Å². The number of methoxy groups -OCH3 is 3. The molecule has 2 rings (SSSR count). The molecule has 0 atom stereocenters. The average molecular weight is 408 g/mol. The summed E-state index contributed by atoms with van der Waals surface area (Å²) in [4.78, 5) is 22.7. The zero-order valence-electron chi connectivity index (χ0n) is 15.4. The van der Waals surface area contributed by atoms with Crippen molar-refractivity contribution in [3.05, 3.63) is 56.6 Å². The summed E-state index contributed by atoms with van der Waals surface area (Å²) in [7, 11) is 4.24. The van der Waals surface area contributed by atoms with Crippen LogP contribution in [0.4, 0.5) is 5.69 Å². The molecule has 0 heterocycles. The van der Waals surface area contributed by atoms with Gasteiger partial charge in [-0.3, -0.25) is 14.9 Å². The second-order valence-electron chi connectivity index (χ2n) is 5.45. The molecule has 0 aliphatic carbocycles. The molecule has 9 nitrogen and oxygen atoms in total. The third-order valence-corrected chi connectivity index (χ3v) is 4.09. The van der Waals surface area contributed by atoms with E-state index in [4.69, 9.17) is 25.8 Å². The van der Waals surface area contributed by atoms with Crippen LogP contribution in [0.1, 0.15) is 11.1 Å². The van der Waals surface area contributed by atoms with E-state index in [0.717, 1.165) is 0 Å². The number of ether oxygens (including phenoxy) is 3. The third kappa shape index (κ3) is 5.10. The molecule has 148 valence electrons. The Labute approximate surface area is 166 Å². The lowest BCUT2D eigenvalue weighted by Gasteiger charge is -2.08. The van der Waals surface area contributed by atoms with Gasteiger partial charge in [0.05, 0.1) is 38.9 Å². The summed E-state index contributed by atoms with van der Waals surface area (Å²) in [5.41, 5.74) is 2.97. The van der Waals surface area contributed by atoms with Crippen molar-refractivity contribution >= 4 is 29.4 Å². The predicted octanol–water partition coefficient (Wildman–Crippen LogP) is 2.97. The number of nitro groups is 1. The van der Waals surface area contributed by atoms with E-state index in [1.54, 1.807) is 18.2 Å². The summed E-state index contributed by atoms with van der Waals surface area (Å²) in [6.45, 7) is 0. The van der Waals surface area contributed by atoms with Crippen LogP contribution in [-0.2, 0) is 11.2 Å². The SMILES string of the molecule is COc1ccc(Cl)c(CC(=O)N/N=C/c2cc([N+](=O)[O-])c(OC)cc2OC)c1. The first-order chi connectivity index (χ1) is 13.4. The van der Waals surface area contributed by atoms with Crippen LogP contribution < -0.4 is 19.6 Å². The van der Waals surface area contributed by atoms with Gasteiger partial charge in [-0.05, 0) is 23.8 Å². The molecule has 0 saturated carbocycles. The summed E-state index contributed by atoms with van der Waals surface area (Å²) in [5.74, 6) is 0.506. The van der Waals surface area contributed by atoms with Crippen molar-refractivity contribution in [3.8, 4) is 17.2 Å². The summed E-state index contributed by atoms with van der Waals surface area (Å²) in [5, 5.41) is 15.4. The smallest absolute Gasteiger partial charge is 0.311 e. The molecule has 28 heavy (non-hydrogen) atoms. The highest BCUT2D eigenvalue weighted by atomic mass is 35.5. The lowest BCUT2D eigenvalue weighted by atomic mass is 10.1. The first-order valence-electron chi connectivity index (χ1n) is 7.94. The van der Waals surface area contributed by atoms with Crippen molar-refractivity contribution in [3.63, 3.8) is 0 Å². The minimum Gasteiger partial charge on any atom is -0.497 e. The molecular weight excluding hydrogens is 390 g/mol. The Bertz CT molecular complexity index is 916. The normalized spacial score (nSPS) is 10.6. The summed E-state index contributed by atoms with van der Waals surface area (Å²) in [6, 6.07) is 7.59. The molecule has 0 saturated heterocycles. The van der Waals surface area contributed by atoms with Crippen molar-refractivity contribution in [1.82, 2.24) is 5.43 Å². The van der Waals surface area contributed by atoms with Crippen LogP contribution in [0, 0.1) is 10.1 Å². The van der Waals surface area contributed by atoms with Gasteiger partial charge in [0, 0.05) is 22.7 Å². The van der Waals surface area contributed by atoms with E-state index < -0.39 is 10.8 Å². The summed E-state index contributed by atoms with van der Waals surface area (Å²) >= 11 is 6.08. The topological polar surface area (TPSA) is 112 Å². The number of hydrogen-bond acceptors (Lipinski definition) is 7. The Morgan fingerprint density at radius 1 is 1.18 bits per heavy atom. The number of nitro benzene ring substituents is 1. The van der Waals surface area contributed by atoms with Crippen LogP contribution >= 0.6 is 11.6 Å². The number of hydrazone groups is 1. The maximum absolute atomic E-state index is 12.1. The highest BCUT2D eigenvalue weighted by molar-refractivity contribution is 6.31. The first-order valence-corrected chi connectivity index (χ1v) is 8.32. The number of halogens is 1. The second kappa shape index (κ2) is 9.56. The fourth-order valence-corrected chi connectivity index (χ4v) is 2.53. The standard InChI is InChI=1S/C18H18ClN3O6/c1-26-13-4-5-14(19)11(6-13)8-18(23)21-20-10-12-7-15(22(24)25)17(28-3)9-16(12)27-2/h4-7,9-10H,8H2,1-3H3,(H,21,23)/b20-10+. The maximum atomic E-state index is 12.1. The second-order valence-corrected chi connectivity index (χ2v) is 5.86. The molecule has 2 aromatic rings. The predicted molar refractivity (Wildman–Crippen MR) is 104 cm³/mol. The molecule has 0 radical (unpaired) electrons. The fraction of sp³-hybridized carbons (Fsp3) is 0.222. The molecule has 0 aliphatic rings. The molecule has 0 aromatic heterocycles. The minimum absolute atomic E-state index is 0.0206. The van der Waals surface area contributed by atoms with Crippen LogP contribution in [-0.4, -0.2) is 38.4 Å². The van der Waals surface area contributed by atoms with Crippen LogP contribution in [0.25, 0.3) is 0 Å². The maximum Gasteiger partial charge on any atom is 0.311 e. The fourth-order valence-electron chi connectivity index (χ4n) is 2.35. The van der Waals surface area contributed by atoms with Gasteiger partial charge in [0.25, 0.3) is 0 Å². The van der Waals surface area contributed by atoms with Crippen molar-refractivity contribution in [1.29, 1.82) is 0 Å². The van der Waals surface area contributed by atoms with Gasteiger partial charge in [-0.15, -0.1) is 0 Å². The van der Waals surface area contributed by atoms with Crippen LogP contribution in [0.15, 0.2) is 35.4 Å². The molecule has 0 bridgehead atoms. The molecule has 0 aliphatic heterocycles. The lowest BCUT2D eigenvalue weighted by Crippen LogP contribution is -2.20. The van der Waals surface area contributed by atoms with Gasteiger partial charge < -0.3 is 14.2 Å². The monoisotopic (exact) mass is 407 g/mol. The number of benzene rings is 2. The number of carbonyl (C=O) groups is 1. The first kappa shape index (κ1) is 21.0. The van der Waals surface area contributed by atoms with Gasteiger partial charge in [-0.1, -0.05) is 11.6 Å². The Hall–Kier alpha value is -3.33. The summed E-state index contributed by atoms with van der Waals surface area (Å²) in [6.07, 6.45) is 1.23. The lowest BCUT2D eigenvalue weighted by molar-refractivity contribution is -0.385. The number of nitrogens with one attached hydrogen (secondary N) is 1. The van der Waals surface area contributed by atoms with Gasteiger partial charge in [-0.2, -0.15) is 5.10 Å². The number of rotatable bonds is 8. The number of amides is 1. The number of nitrogens with zero attached hydrogens (tertiary/aromatic N) is 2. The van der Waals surface area contributed by atoms with Crippen molar-refractivity contribution < 1.29 is 23.9 Å². The Morgan fingerprint density at radius 3 is 2.50 bits per heavy atom. The summed E-state index contributed by atoms with van der Waals surface area (Å²) < 4.78 is 15.3. The van der Waals surface area contributed by atoms with Gasteiger partial charge in [-0.25, -0.2) is 5.43 Å². The van der Waals surface area contributed by atoms with E-state index >= 15 is 0 Å². The van der Waals surface area contributed by atoms with Crippen LogP contribution in [0.2, 0.25) is 5.02 Å². The van der Waals surface area contributed by atoms with Gasteiger partial charge >= 0.3 is 5.69 Å². The molecular formula is C18H18ClN3O6. The highest BCUT2D eigenvalue weighted by Gasteiger charge is 2.19. The Balaban J connectivity index is 2.14. The van der Waals surface area contributed by atoms with E-state index in [2.05, 4.69) is 10.5 Å². The molecule has 2 aromatic carbocycles. The Morgan fingerprint density at radius 2 is 1.89 bits per heavy atom. The molecule has 1 amide bonds. The zero-order valence-corrected chi connectivity index (χ0v) is 16.1. The van der Waals surface area contributed by atoms with E-state index in [0.29, 0.717) is 27.6 Å². The van der Waals surface area contributed by atoms with E-state index in [9.17, 15) is 14.9 Å². The molecule has 0 fully saturated rings.